The number of nitrogens with two attached hydrogens (primary N) is 1. The van der Waals surface area contributed by atoms with Crippen molar-refractivity contribution < 1.29 is 9.84 Å². The Labute approximate surface area is 105 Å². The van der Waals surface area contributed by atoms with E-state index in [-0.39, 0.29) is 5.88 Å². The number of morpholine rings is 1. The van der Waals surface area contributed by atoms with Gasteiger partial charge in [-0.3, -0.25) is 0 Å². The van der Waals surface area contributed by atoms with E-state index in [2.05, 4.69) is 4.98 Å². The van der Waals surface area contributed by atoms with Crippen molar-refractivity contribution in [1.82, 2.24) is 4.98 Å². The van der Waals surface area contributed by atoms with Gasteiger partial charge in [-0.05, 0) is 6.07 Å². The minimum atomic E-state index is -0.00639. The first-order valence-electron chi connectivity index (χ1n) is 5.97. The third kappa shape index (κ3) is 1.73. The van der Waals surface area contributed by atoms with E-state index < -0.39 is 0 Å². The Kier molecular flexibility index (Phi) is 2.68. The van der Waals surface area contributed by atoms with Crippen molar-refractivity contribution in [1.29, 1.82) is 0 Å². The molecule has 0 atom stereocenters. The van der Waals surface area contributed by atoms with Crippen LogP contribution in [0.2, 0.25) is 0 Å². The molecule has 0 bridgehead atoms. The highest BCUT2D eigenvalue weighted by Gasteiger charge is 2.20. The fourth-order valence-electron chi connectivity index (χ4n) is 2.31. The minimum Gasteiger partial charge on any atom is -0.492 e. The maximum atomic E-state index is 10.1. The molecule has 3 N–H and O–H groups in total. The molecule has 2 heterocycles. The van der Waals surface area contributed by atoms with Crippen LogP contribution in [0.25, 0.3) is 10.9 Å². The summed E-state index contributed by atoms with van der Waals surface area (Å²) >= 11 is 0. The molecule has 1 saturated heterocycles. The monoisotopic (exact) mass is 245 g/mol. The lowest BCUT2D eigenvalue weighted by Crippen LogP contribution is -2.36. The number of ether oxygens (including phenoxy) is 1. The molecule has 94 valence electrons. The summed E-state index contributed by atoms with van der Waals surface area (Å²) in [5.41, 5.74) is 8.09. The van der Waals surface area contributed by atoms with Gasteiger partial charge >= 0.3 is 0 Å². The summed E-state index contributed by atoms with van der Waals surface area (Å²) in [5, 5.41) is 10.9. The number of benzene rings is 1. The number of nitrogen functional groups attached to an aromatic ring is 1. The van der Waals surface area contributed by atoms with Gasteiger partial charge < -0.3 is 20.5 Å². The Morgan fingerprint density at radius 3 is 2.72 bits per heavy atom. The van der Waals surface area contributed by atoms with Crippen LogP contribution in [0.4, 0.5) is 11.4 Å². The summed E-state index contributed by atoms with van der Waals surface area (Å²) in [6, 6.07) is 7.55. The molecule has 0 saturated carbocycles. The molecule has 1 fully saturated rings. The van der Waals surface area contributed by atoms with Crippen molar-refractivity contribution >= 4 is 22.3 Å². The van der Waals surface area contributed by atoms with Gasteiger partial charge in [-0.1, -0.05) is 18.2 Å². The van der Waals surface area contributed by atoms with Crippen molar-refractivity contribution in [2.24, 2.45) is 0 Å². The number of hydrogen-bond acceptors (Lipinski definition) is 5. The zero-order valence-electron chi connectivity index (χ0n) is 9.97. The Bertz CT molecular complexity index is 580. The summed E-state index contributed by atoms with van der Waals surface area (Å²) in [6.45, 7) is 2.73. The highest BCUT2D eigenvalue weighted by molar-refractivity contribution is 5.98. The van der Waals surface area contributed by atoms with Gasteiger partial charge in [0.25, 0.3) is 0 Å². The second-order valence-corrected chi connectivity index (χ2v) is 4.31. The molecule has 1 aliphatic heterocycles. The summed E-state index contributed by atoms with van der Waals surface area (Å²) in [6.07, 6.45) is 0. The van der Waals surface area contributed by atoms with E-state index >= 15 is 0 Å². The molecule has 1 aliphatic rings. The number of aromatic hydroxyl groups is 1. The third-order valence-corrected chi connectivity index (χ3v) is 3.21. The number of para-hydroxylation sites is 1. The molecule has 0 aliphatic carbocycles. The van der Waals surface area contributed by atoms with Gasteiger partial charge in [0, 0.05) is 18.5 Å². The number of hydrogen-bond donors (Lipinski definition) is 2. The van der Waals surface area contributed by atoms with E-state index in [1.54, 1.807) is 0 Å². The fraction of sp³-hybridized carbons (Fsp3) is 0.308. The average Bonchev–Trinajstić information content (AvgIpc) is 2.40. The van der Waals surface area contributed by atoms with Gasteiger partial charge in [-0.25, -0.2) is 4.98 Å². The van der Waals surface area contributed by atoms with E-state index in [0.29, 0.717) is 30.1 Å². The zero-order valence-corrected chi connectivity index (χ0v) is 9.97. The molecule has 1 aromatic carbocycles. The fourth-order valence-corrected chi connectivity index (χ4v) is 2.31. The summed E-state index contributed by atoms with van der Waals surface area (Å²) in [5.74, 6) is -0.00639. The van der Waals surface area contributed by atoms with Crippen LogP contribution < -0.4 is 10.6 Å². The van der Waals surface area contributed by atoms with E-state index in [0.717, 1.165) is 18.5 Å². The van der Waals surface area contributed by atoms with Crippen LogP contribution in [0.5, 0.6) is 5.88 Å². The van der Waals surface area contributed by atoms with Crippen LogP contribution in [0.3, 0.4) is 0 Å². The highest BCUT2D eigenvalue weighted by Crippen LogP contribution is 2.37. The second-order valence-electron chi connectivity index (χ2n) is 4.31. The van der Waals surface area contributed by atoms with Crippen LogP contribution >= 0.6 is 0 Å². The van der Waals surface area contributed by atoms with Crippen molar-refractivity contribution in [3.8, 4) is 5.88 Å². The standard InChI is InChI=1S/C13H15N3O2/c14-11-9-3-1-2-4-10(9)15-13(17)12(11)16-5-7-18-8-6-16/h1-4H,5-8H2,(H3,14,15,17). The molecular formula is C13H15N3O2. The van der Waals surface area contributed by atoms with Gasteiger partial charge in [-0.2, -0.15) is 0 Å². The summed E-state index contributed by atoms with van der Waals surface area (Å²) in [4.78, 5) is 6.23. The largest absolute Gasteiger partial charge is 0.492 e. The number of fused-ring (bicyclic) bond motifs is 1. The lowest BCUT2D eigenvalue weighted by atomic mass is 10.1. The third-order valence-electron chi connectivity index (χ3n) is 3.21. The topological polar surface area (TPSA) is 71.6 Å². The van der Waals surface area contributed by atoms with Crippen LogP contribution in [0.1, 0.15) is 0 Å². The van der Waals surface area contributed by atoms with Crippen LogP contribution in [0.15, 0.2) is 24.3 Å². The first kappa shape index (κ1) is 11.1. The first-order valence-corrected chi connectivity index (χ1v) is 5.97. The quantitative estimate of drug-likeness (QED) is 0.793. The maximum Gasteiger partial charge on any atom is 0.237 e. The number of rotatable bonds is 1. The minimum absolute atomic E-state index is 0.00639. The molecule has 2 aromatic rings. The van der Waals surface area contributed by atoms with Crippen LogP contribution in [0, 0.1) is 0 Å². The van der Waals surface area contributed by atoms with Crippen molar-refractivity contribution in [2.45, 2.75) is 0 Å². The van der Waals surface area contributed by atoms with Gasteiger partial charge in [0.2, 0.25) is 5.88 Å². The zero-order chi connectivity index (χ0) is 12.5. The first-order chi connectivity index (χ1) is 8.77. The maximum absolute atomic E-state index is 10.1. The van der Waals surface area contributed by atoms with E-state index in [9.17, 15) is 5.11 Å². The molecule has 5 nitrogen and oxygen atoms in total. The van der Waals surface area contributed by atoms with E-state index in [1.165, 1.54) is 0 Å². The van der Waals surface area contributed by atoms with Gasteiger partial charge in [0.15, 0.2) is 0 Å². The Morgan fingerprint density at radius 2 is 1.94 bits per heavy atom. The van der Waals surface area contributed by atoms with E-state index in [4.69, 9.17) is 10.5 Å². The number of aromatic nitrogens is 1. The second kappa shape index (κ2) is 4.34. The molecule has 18 heavy (non-hydrogen) atoms. The molecule has 5 heteroatoms. The van der Waals surface area contributed by atoms with Crippen molar-refractivity contribution in [2.75, 3.05) is 36.9 Å². The molecule has 0 spiro atoms. The van der Waals surface area contributed by atoms with Gasteiger partial charge in [0.05, 0.1) is 24.4 Å². The molecule has 0 unspecified atom stereocenters. The molecule has 3 rings (SSSR count). The number of anilines is 2. The lowest BCUT2D eigenvalue weighted by Gasteiger charge is -2.30. The van der Waals surface area contributed by atoms with Gasteiger partial charge in [0.1, 0.15) is 5.69 Å². The summed E-state index contributed by atoms with van der Waals surface area (Å²) < 4.78 is 5.30. The molecule has 1 aromatic heterocycles. The van der Waals surface area contributed by atoms with Crippen LogP contribution in [-0.4, -0.2) is 36.4 Å². The Balaban J connectivity index is 2.15. The summed E-state index contributed by atoms with van der Waals surface area (Å²) in [7, 11) is 0. The Hall–Kier alpha value is -2.01. The molecule has 0 amide bonds. The smallest absolute Gasteiger partial charge is 0.237 e. The van der Waals surface area contributed by atoms with Crippen LogP contribution in [-0.2, 0) is 4.74 Å². The molecular weight excluding hydrogens is 230 g/mol. The highest BCUT2D eigenvalue weighted by atomic mass is 16.5. The molecule has 0 radical (unpaired) electrons. The van der Waals surface area contributed by atoms with Gasteiger partial charge in [-0.15, -0.1) is 0 Å². The Morgan fingerprint density at radius 1 is 1.22 bits per heavy atom. The predicted molar refractivity (Wildman–Crippen MR) is 70.9 cm³/mol. The number of nitrogens with zero attached hydrogens (tertiary/aromatic N) is 2. The van der Waals surface area contributed by atoms with E-state index in [1.807, 2.05) is 29.2 Å². The average molecular weight is 245 g/mol. The normalized spacial score (nSPS) is 16.1. The number of pyridine rings is 1. The van der Waals surface area contributed by atoms with Crippen molar-refractivity contribution in [3.05, 3.63) is 24.3 Å². The predicted octanol–water partition coefficient (Wildman–Crippen LogP) is 1.36. The van der Waals surface area contributed by atoms with Crippen molar-refractivity contribution in [3.63, 3.8) is 0 Å². The lowest BCUT2D eigenvalue weighted by molar-refractivity contribution is 0.122. The SMILES string of the molecule is Nc1c(N2CCOCC2)c(O)nc2ccccc12.